The van der Waals surface area contributed by atoms with Crippen molar-refractivity contribution in [2.75, 3.05) is 18.4 Å². The van der Waals surface area contributed by atoms with Crippen molar-refractivity contribution < 1.29 is 9.69 Å². The highest BCUT2D eigenvalue weighted by atomic mass is 32.1. The predicted molar refractivity (Wildman–Crippen MR) is 119 cm³/mol. The third kappa shape index (κ3) is 3.93. The van der Waals surface area contributed by atoms with E-state index in [4.69, 9.17) is 0 Å². The van der Waals surface area contributed by atoms with Gasteiger partial charge in [0.1, 0.15) is 5.00 Å². The first-order chi connectivity index (χ1) is 13.6. The van der Waals surface area contributed by atoms with Crippen LogP contribution >= 0.6 is 22.7 Å². The number of anilines is 1. The number of carbonyl (C=O) groups is 1. The normalized spacial score (nSPS) is 16.1. The molecule has 0 unspecified atom stereocenters. The lowest BCUT2D eigenvalue weighted by Crippen LogP contribution is -3.13. The van der Waals surface area contributed by atoms with E-state index in [-0.39, 0.29) is 5.91 Å². The molecule has 5 heteroatoms. The van der Waals surface area contributed by atoms with E-state index in [1.54, 1.807) is 16.2 Å². The molecule has 1 fully saturated rings. The average Bonchev–Trinajstić information content (AvgIpc) is 3.34. The number of thiophene rings is 2. The highest BCUT2D eigenvalue weighted by molar-refractivity contribution is 7.16. The van der Waals surface area contributed by atoms with Crippen molar-refractivity contribution >= 4 is 33.6 Å². The number of carbonyl (C=O) groups excluding carboxylic acids is 1. The number of nitrogens with one attached hydrogen (secondary N) is 2. The van der Waals surface area contributed by atoms with Gasteiger partial charge in [-0.05, 0) is 62.3 Å². The molecule has 1 aliphatic rings. The first kappa shape index (κ1) is 19.4. The van der Waals surface area contributed by atoms with E-state index < -0.39 is 0 Å². The van der Waals surface area contributed by atoms with E-state index in [1.165, 1.54) is 53.2 Å². The van der Waals surface area contributed by atoms with Gasteiger partial charge < -0.3 is 10.2 Å². The topological polar surface area (TPSA) is 33.5 Å². The standard InChI is InChI=1S/C23H26N2OS2/c1-16-17(2)28-23(24-22(26)18-10-5-3-6-11-18)20(16)21(19-12-9-15-27-19)25-13-7-4-8-14-25/h3,5-6,9-12,15,21H,4,7-8,13-14H2,1-2H3,(H,24,26)/p+1/t21-/m0/s1. The Morgan fingerprint density at radius 3 is 2.46 bits per heavy atom. The summed E-state index contributed by atoms with van der Waals surface area (Å²) < 4.78 is 0. The number of piperidine rings is 1. The molecule has 1 amide bonds. The molecule has 1 saturated heterocycles. The Morgan fingerprint density at radius 1 is 1.04 bits per heavy atom. The molecular weight excluding hydrogens is 384 g/mol. The summed E-state index contributed by atoms with van der Waals surface area (Å²) in [5.41, 5.74) is 3.34. The van der Waals surface area contributed by atoms with Gasteiger partial charge in [0, 0.05) is 10.4 Å². The Bertz CT molecular complexity index is 925. The van der Waals surface area contributed by atoms with Crippen LogP contribution in [0.25, 0.3) is 0 Å². The Balaban J connectivity index is 1.73. The summed E-state index contributed by atoms with van der Waals surface area (Å²) in [7, 11) is 0. The minimum absolute atomic E-state index is 0.0262. The Kier molecular flexibility index (Phi) is 5.95. The van der Waals surface area contributed by atoms with Gasteiger partial charge in [0.05, 0.1) is 23.5 Å². The largest absolute Gasteiger partial charge is 0.324 e. The second-order valence-electron chi connectivity index (χ2n) is 7.51. The molecule has 1 atom stereocenters. The average molecular weight is 412 g/mol. The highest BCUT2D eigenvalue weighted by Gasteiger charge is 2.34. The quantitative estimate of drug-likeness (QED) is 0.619. The van der Waals surface area contributed by atoms with Crippen molar-refractivity contribution in [1.82, 2.24) is 0 Å². The van der Waals surface area contributed by atoms with E-state index in [0.29, 0.717) is 11.6 Å². The summed E-state index contributed by atoms with van der Waals surface area (Å²) in [6.07, 6.45) is 3.90. The maximum Gasteiger partial charge on any atom is 0.256 e. The van der Waals surface area contributed by atoms with Crippen LogP contribution in [-0.4, -0.2) is 19.0 Å². The molecule has 1 aromatic carbocycles. The minimum Gasteiger partial charge on any atom is -0.324 e. The van der Waals surface area contributed by atoms with Gasteiger partial charge >= 0.3 is 0 Å². The van der Waals surface area contributed by atoms with E-state index in [2.05, 4.69) is 36.7 Å². The molecule has 0 saturated carbocycles. The number of hydrogen-bond donors (Lipinski definition) is 2. The van der Waals surface area contributed by atoms with Crippen molar-refractivity contribution in [3.63, 3.8) is 0 Å². The summed E-state index contributed by atoms with van der Waals surface area (Å²) in [6.45, 7) is 6.77. The predicted octanol–water partition coefficient (Wildman–Crippen LogP) is 4.84. The first-order valence-corrected chi connectivity index (χ1v) is 11.7. The van der Waals surface area contributed by atoms with E-state index in [1.807, 2.05) is 41.7 Å². The maximum absolute atomic E-state index is 12.9. The molecule has 1 aliphatic heterocycles. The second-order valence-corrected chi connectivity index (χ2v) is 9.72. The van der Waals surface area contributed by atoms with Gasteiger partial charge in [-0.15, -0.1) is 22.7 Å². The molecule has 0 radical (unpaired) electrons. The Hall–Kier alpha value is -1.95. The van der Waals surface area contributed by atoms with Gasteiger partial charge in [-0.2, -0.15) is 0 Å². The molecule has 28 heavy (non-hydrogen) atoms. The van der Waals surface area contributed by atoms with E-state index >= 15 is 0 Å². The fourth-order valence-corrected chi connectivity index (χ4v) is 6.13. The smallest absolute Gasteiger partial charge is 0.256 e. The molecule has 146 valence electrons. The molecule has 3 nitrogen and oxygen atoms in total. The number of likely N-dealkylation sites (tertiary alicyclic amines) is 1. The van der Waals surface area contributed by atoms with Crippen LogP contribution in [0.3, 0.4) is 0 Å². The summed E-state index contributed by atoms with van der Waals surface area (Å²) in [4.78, 5) is 17.2. The molecular formula is C23H27N2OS2+. The summed E-state index contributed by atoms with van der Waals surface area (Å²) in [5, 5.41) is 6.42. The van der Waals surface area contributed by atoms with Crippen LogP contribution < -0.4 is 10.2 Å². The molecule has 3 aromatic rings. The van der Waals surface area contributed by atoms with Crippen molar-refractivity contribution in [1.29, 1.82) is 0 Å². The maximum atomic E-state index is 12.9. The first-order valence-electron chi connectivity index (χ1n) is 9.99. The fraction of sp³-hybridized carbons (Fsp3) is 0.348. The number of amides is 1. The van der Waals surface area contributed by atoms with Crippen LogP contribution in [0.15, 0.2) is 47.8 Å². The van der Waals surface area contributed by atoms with Gasteiger partial charge in [0.2, 0.25) is 0 Å². The lowest BCUT2D eigenvalue weighted by molar-refractivity contribution is -0.929. The number of benzene rings is 1. The Labute approximate surface area is 175 Å². The molecule has 0 bridgehead atoms. The third-order valence-electron chi connectivity index (χ3n) is 5.72. The highest BCUT2D eigenvalue weighted by Crippen LogP contribution is 2.39. The third-order valence-corrected chi connectivity index (χ3v) is 7.79. The van der Waals surface area contributed by atoms with Crippen LogP contribution in [0, 0.1) is 13.8 Å². The minimum atomic E-state index is -0.0262. The van der Waals surface area contributed by atoms with E-state index in [9.17, 15) is 4.79 Å². The van der Waals surface area contributed by atoms with Gasteiger partial charge in [-0.25, -0.2) is 0 Å². The molecule has 2 N–H and O–H groups in total. The molecule has 0 spiro atoms. The van der Waals surface area contributed by atoms with Crippen molar-refractivity contribution in [3.8, 4) is 0 Å². The van der Waals surface area contributed by atoms with Crippen LogP contribution in [0.2, 0.25) is 0 Å². The van der Waals surface area contributed by atoms with Crippen LogP contribution in [-0.2, 0) is 0 Å². The summed E-state index contributed by atoms with van der Waals surface area (Å²) >= 11 is 3.55. The van der Waals surface area contributed by atoms with Crippen molar-refractivity contribution in [3.05, 3.63) is 74.3 Å². The van der Waals surface area contributed by atoms with Crippen molar-refractivity contribution in [2.45, 2.75) is 39.2 Å². The monoisotopic (exact) mass is 411 g/mol. The fourth-order valence-electron chi connectivity index (χ4n) is 4.15. The molecule has 4 rings (SSSR count). The zero-order chi connectivity index (χ0) is 19.5. The van der Waals surface area contributed by atoms with Crippen LogP contribution in [0.1, 0.15) is 56.5 Å². The van der Waals surface area contributed by atoms with Gasteiger partial charge in [-0.1, -0.05) is 24.3 Å². The van der Waals surface area contributed by atoms with Crippen LogP contribution in [0.5, 0.6) is 0 Å². The van der Waals surface area contributed by atoms with E-state index in [0.717, 1.165) is 5.00 Å². The second kappa shape index (κ2) is 8.60. The zero-order valence-electron chi connectivity index (χ0n) is 16.5. The number of quaternary nitrogens is 1. The lowest BCUT2D eigenvalue weighted by atomic mass is 9.98. The SMILES string of the molecule is Cc1sc(NC(=O)c2ccccc2)c([C@H](c2cccs2)[NH+]2CCCCC2)c1C. The lowest BCUT2D eigenvalue weighted by Gasteiger charge is -2.32. The van der Waals surface area contributed by atoms with Crippen molar-refractivity contribution in [2.24, 2.45) is 0 Å². The Morgan fingerprint density at radius 2 is 1.79 bits per heavy atom. The number of hydrogen-bond acceptors (Lipinski definition) is 3. The summed E-state index contributed by atoms with van der Waals surface area (Å²) in [5.74, 6) is -0.0262. The molecule has 0 aliphatic carbocycles. The number of aryl methyl sites for hydroxylation is 1. The molecule has 2 aromatic heterocycles. The van der Waals surface area contributed by atoms with Crippen LogP contribution in [0.4, 0.5) is 5.00 Å². The van der Waals surface area contributed by atoms with Gasteiger partial charge in [-0.3, -0.25) is 4.79 Å². The number of rotatable bonds is 5. The van der Waals surface area contributed by atoms with Gasteiger partial charge in [0.25, 0.3) is 5.91 Å². The zero-order valence-corrected chi connectivity index (χ0v) is 18.1. The summed E-state index contributed by atoms with van der Waals surface area (Å²) in [6, 6.07) is 14.2. The molecule has 3 heterocycles. The van der Waals surface area contributed by atoms with Gasteiger partial charge in [0.15, 0.2) is 6.04 Å².